The van der Waals surface area contributed by atoms with Crippen molar-refractivity contribution in [3.05, 3.63) is 72.8 Å². The number of rotatable bonds is 2. The molecule has 0 bridgehead atoms. The van der Waals surface area contributed by atoms with E-state index in [0.717, 1.165) is 0 Å². The molecule has 0 radical (unpaired) electrons. The zero-order valence-electron chi connectivity index (χ0n) is 10.3. The van der Waals surface area contributed by atoms with Crippen LogP contribution in [0.1, 0.15) is 6.92 Å². The minimum atomic E-state index is -0.935. The Balaban J connectivity index is 0.000000232. The van der Waals surface area contributed by atoms with Crippen LogP contribution in [0.5, 0.6) is 0 Å². The molecule has 0 fully saturated rings. The van der Waals surface area contributed by atoms with E-state index in [1.165, 1.54) is 18.1 Å². The Hall–Kier alpha value is -2.35. The highest BCUT2D eigenvalue weighted by Crippen LogP contribution is 2.17. The first-order valence-corrected chi connectivity index (χ1v) is 5.60. The summed E-state index contributed by atoms with van der Waals surface area (Å²) in [5, 5.41) is 7.89. The number of aliphatic carboxylic acids is 1. The van der Waals surface area contributed by atoms with Gasteiger partial charge in [0.25, 0.3) is 0 Å². The van der Waals surface area contributed by atoms with Crippen LogP contribution in [0.25, 0.3) is 11.1 Å². The van der Waals surface area contributed by atoms with Crippen LogP contribution in [-0.2, 0) is 4.79 Å². The molecule has 0 heterocycles. The van der Waals surface area contributed by atoms with Gasteiger partial charge in [0.1, 0.15) is 0 Å². The molecule has 1 N–H and O–H groups in total. The second-order valence-electron chi connectivity index (χ2n) is 3.82. The molecule has 0 spiro atoms. The van der Waals surface area contributed by atoms with Crippen molar-refractivity contribution in [3.8, 4) is 11.1 Å². The van der Waals surface area contributed by atoms with Crippen LogP contribution in [0.2, 0.25) is 0 Å². The summed E-state index contributed by atoms with van der Waals surface area (Å²) in [6.07, 6.45) is 0. The van der Waals surface area contributed by atoms with Gasteiger partial charge in [0, 0.05) is 5.57 Å². The highest BCUT2D eigenvalue weighted by molar-refractivity contribution is 5.84. The highest BCUT2D eigenvalue weighted by Gasteiger charge is 1.92. The number of carboxylic acids is 1. The molecular weight excluding hydrogens is 224 g/mol. The lowest BCUT2D eigenvalue weighted by atomic mass is 10.1. The van der Waals surface area contributed by atoms with Crippen molar-refractivity contribution in [2.75, 3.05) is 0 Å². The van der Waals surface area contributed by atoms with Crippen molar-refractivity contribution in [1.82, 2.24) is 0 Å². The summed E-state index contributed by atoms with van der Waals surface area (Å²) in [5.41, 5.74) is 2.73. The van der Waals surface area contributed by atoms with E-state index in [2.05, 4.69) is 55.1 Å². The summed E-state index contributed by atoms with van der Waals surface area (Å²) in [6, 6.07) is 20.8. The van der Waals surface area contributed by atoms with E-state index >= 15 is 0 Å². The fourth-order valence-corrected chi connectivity index (χ4v) is 1.26. The molecule has 0 saturated carbocycles. The molecule has 0 aliphatic carbocycles. The van der Waals surface area contributed by atoms with E-state index in [4.69, 9.17) is 5.11 Å². The quantitative estimate of drug-likeness (QED) is 0.805. The molecule has 0 aliphatic heterocycles. The molecule has 2 nitrogen and oxygen atoms in total. The van der Waals surface area contributed by atoms with Crippen molar-refractivity contribution in [3.63, 3.8) is 0 Å². The Morgan fingerprint density at radius 1 is 0.889 bits per heavy atom. The molecule has 2 aromatic rings. The molecule has 0 aliphatic rings. The number of benzene rings is 2. The minimum Gasteiger partial charge on any atom is -0.478 e. The fraction of sp³-hybridized carbons (Fsp3) is 0.0625. The number of carboxylic acid groups (broad SMARTS) is 1. The SMILES string of the molecule is C=C(C)C(=O)O.c1ccc(-c2ccccc2)cc1. The van der Waals surface area contributed by atoms with Gasteiger partial charge in [-0.2, -0.15) is 0 Å². The van der Waals surface area contributed by atoms with Crippen LogP contribution in [0.3, 0.4) is 0 Å². The molecule has 2 heteroatoms. The highest BCUT2D eigenvalue weighted by atomic mass is 16.4. The van der Waals surface area contributed by atoms with Crippen molar-refractivity contribution in [1.29, 1.82) is 0 Å². The van der Waals surface area contributed by atoms with Crippen molar-refractivity contribution >= 4 is 5.97 Å². The van der Waals surface area contributed by atoms with Crippen molar-refractivity contribution in [2.24, 2.45) is 0 Å². The summed E-state index contributed by atoms with van der Waals surface area (Å²) in [7, 11) is 0. The molecular formula is C16H16O2. The molecule has 0 amide bonds. The maximum atomic E-state index is 9.60. The fourth-order valence-electron chi connectivity index (χ4n) is 1.26. The van der Waals surface area contributed by atoms with Crippen LogP contribution in [-0.4, -0.2) is 11.1 Å². The molecule has 2 rings (SSSR count). The molecule has 2 aromatic carbocycles. The van der Waals surface area contributed by atoms with Gasteiger partial charge >= 0.3 is 5.97 Å². The van der Waals surface area contributed by atoms with Crippen molar-refractivity contribution in [2.45, 2.75) is 6.92 Å². The van der Waals surface area contributed by atoms with Gasteiger partial charge in [0.15, 0.2) is 0 Å². The van der Waals surface area contributed by atoms with Gasteiger partial charge < -0.3 is 5.11 Å². The first-order chi connectivity index (χ1) is 8.61. The number of hydrogen-bond donors (Lipinski definition) is 1. The second-order valence-corrected chi connectivity index (χ2v) is 3.82. The second kappa shape index (κ2) is 7.07. The van der Waals surface area contributed by atoms with E-state index < -0.39 is 5.97 Å². The third kappa shape index (κ3) is 4.66. The summed E-state index contributed by atoms with van der Waals surface area (Å²) in [4.78, 5) is 9.60. The molecule has 0 unspecified atom stereocenters. The Morgan fingerprint density at radius 2 is 1.17 bits per heavy atom. The van der Waals surface area contributed by atoms with Crippen LogP contribution in [0, 0.1) is 0 Å². The molecule has 92 valence electrons. The number of hydrogen-bond acceptors (Lipinski definition) is 1. The number of carbonyl (C=O) groups is 1. The molecule has 18 heavy (non-hydrogen) atoms. The zero-order chi connectivity index (χ0) is 13.4. The van der Waals surface area contributed by atoms with Gasteiger partial charge in [-0.05, 0) is 18.1 Å². The van der Waals surface area contributed by atoms with E-state index in [0.29, 0.717) is 0 Å². The largest absolute Gasteiger partial charge is 0.478 e. The summed E-state index contributed by atoms with van der Waals surface area (Å²) < 4.78 is 0. The third-order valence-corrected chi connectivity index (χ3v) is 2.25. The first-order valence-electron chi connectivity index (χ1n) is 5.60. The van der Waals surface area contributed by atoms with Gasteiger partial charge in [0.2, 0.25) is 0 Å². The van der Waals surface area contributed by atoms with Crippen LogP contribution in [0.15, 0.2) is 72.8 Å². The Morgan fingerprint density at radius 3 is 1.39 bits per heavy atom. The predicted molar refractivity (Wildman–Crippen MR) is 74.3 cm³/mol. The molecule has 0 atom stereocenters. The van der Waals surface area contributed by atoms with E-state index in [9.17, 15) is 4.79 Å². The van der Waals surface area contributed by atoms with Gasteiger partial charge in [-0.15, -0.1) is 0 Å². The van der Waals surface area contributed by atoms with Crippen molar-refractivity contribution < 1.29 is 9.90 Å². The van der Waals surface area contributed by atoms with Gasteiger partial charge in [-0.1, -0.05) is 67.2 Å². The standard InChI is InChI=1S/C12H10.C4H6O2/c1-3-7-11(8-4-1)12-9-5-2-6-10-12;1-3(2)4(5)6/h1-10H;1H2,2H3,(H,5,6). The monoisotopic (exact) mass is 240 g/mol. The average molecular weight is 240 g/mol. The van der Waals surface area contributed by atoms with Gasteiger partial charge in [-0.3, -0.25) is 0 Å². The topological polar surface area (TPSA) is 37.3 Å². The smallest absolute Gasteiger partial charge is 0.330 e. The van der Waals surface area contributed by atoms with Crippen LogP contribution < -0.4 is 0 Å². The molecule has 0 aromatic heterocycles. The summed E-state index contributed by atoms with van der Waals surface area (Å²) in [6.45, 7) is 4.60. The summed E-state index contributed by atoms with van der Waals surface area (Å²) in [5.74, 6) is -0.935. The lowest BCUT2D eigenvalue weighted by molar-refractivity contribution is -0.132. The van der Waals surface area contributed by atoms with Gasteiger partial charge in [0.05, 0.1) is 0 Å². The van der Waals surface area contributed by atoms with Gasteiger partial charge in [-0.25, -0.2) is 4.79 Å². The lowest BCUT2D eigenvalue weighted by Gasteiger charge is -1.98. The Kier molecular flexibility index (Phi) is 5.39. The Bertz CT molecular complexity index is 452. The summed E-state index contributed by atoms with van der Waals surface area (Å²) >= 11 is 0. The van der Waals surface area contributed by atoms with Crippen LogP contribution >= 0.6 is 0 Å². The maximum absolute atomic E-state index is 9.60. The average Bonchev–Trinajstić information content (AvgIpc) is 2.41. The predicted octanol–water partition coefficient (Wildman–Crippen LogP) is 4.00. The Labute approximate surface area is 107 Å². The van der Waals surface area contributed by atoms with E-state index in [-0.39, 0.29) is 5.57 Å². The third-order valence-electron chi connectivity index (χ3n) is 2.25. The minimum absolute atomic E-state index is 0.176. The molecule has 0 saturated heterocycles. The van der Waals surface area contributed by atoms with Crippen LogP contribution in [0.4, 0.5) is 0 Å². The lowest BCUT2D eigenvalue weighted by Crippen LogP contribution is -1.92. The first kappa shape index (κ1) is 13.7. The zero-order valence-corrected chi connectivity index (χ0v) is 10.3. The van der Waals surface area contributed by atoms with E-state index in [1.807, 2.05) is 12.1 Å². The van der Waals surface area contributed by atoms with E-state index in [1.54, 1.807) is 0 Å². The maximum Gasteiger partial charge on any atom is 0.330 e. The normalized spacial score (nSPS) is 8.94.